The predicted molar refractivity (Wildman–Crippen MR) is 105 cm³/mol. The Morgan fingerprint density at radius 2 is 1.92 bits per heavy atom. The lowest BCUT2D eigenvalue weighted by molar-refractivity contribution is -0.151. The van der Waals surface area contributed by atoms with E-state index in [-0.39, 0.29) is 11.7 Å². The zero-order chi connectivity index (χ0) is 18.8. The molecule has 3 aromatic rings. The standard InChI is InChI=1S/C20H22N2O3S/c1-5-14-6-8-15(9-7-14)16-10-26-18-17(16)19(23)22(11-21-18)13(4)20(24)25-12(2)3/h6-13H,5H2,1-4H3. The molecule has 1 aromatic carbocycles. The highest BCUT2D eigenvalue weighted by Crippen LogP contribution is 2.31. The third-order valence-electron chi connectivity index (χ3n) is 4.30. The number of benzene rings is 1. The molecule has 0 saturated heterocycles. The maximum Gasteiger partial charge on any atom is 0.329 e. The Labute approximate surface area is 156 Å². The maximum absolute atomic E-state index is 13.1. The van der Waals surface area contributed by atoms with Crippen LogP contribution in [-0.2, 0) is 16.0 Å². The number of rotatable bonds is 5. The smallest absolute Gasteiger partial charge is 0.329 e. The highest BCUT2D eigenvalue weighted by molar-refractivity contribution is 7.17. The van der Waals surface area contributed by atoms with Crippen LogP contribution in [0.25, 0.3) is 21.3 Å². The molecule has 26 heavy (non-hydrogen) atoms. The van der Waals surface area contributed by atoms with Crippen molar-refractivity contribution in [2.45, 2.75) is 46.3 Å². The third-order valence-corrected chi connectivity index (χ3v) is 5.19. The Kier molecular flexibility index (Phi) is 5.23. The second kappa shape index (κ2) is 7.41. The van der Waals surface area contributed by atoms with Crippen LogP contribution in [-0.4, -0.2) is 21.6 Å². The first-order chi connectivity index (χ1) is 12.4. The molecule has 2 aromatic heterocycles. The molecule has 0 amide bonds. The van der Waals surface area contributed by atoms with Crippen molar-refractivity contribution in [3.63, 3.8) is 0 Å². The minimum atomic E-state index is -0.725. The van der Waals surface area contributed by atoms with Crippen molar-refractivity contribution < 1.29 is 9.53 Å². The Morgan fingerprint density at radius 1 is 1.23 bits per heavy atom. The summed E-state index contributed by atoms with van der Waals surface area (Å²) in [6.45, 7) is 7.33. The van der Waals surface area contributed by atoms with Crippen LogP contribution in [0.4, 0.5) is 0 Å². The number of carbonyl (C=O) groups excluding carboxylic acids is 1. The van der Waals surface area contributed by atoms with Gasteiger partial charge in [0.05, 0.1) is 17.8 Å². The summed E-state index contributed by atoms with van der Waals surface area (Å²) in [4.78, 5) is 30.3. The first-order valence-electron chi connectivity index (χ1n) is 8.70. The van der Waals surface area contributed by atoms with Gasteiger partial charge < -0.3 is 4.74 Å². The number of ether oxygens (including phenoxy) is 1. The lowest BCUT2D eigenvalue weighted by Crippen LogP contribution is -2.30. The van der Waals surface area contributed by atoms with Crippen LogP contribution in [0.3, 0.4) is 0 Å². The normalized spacial score (nSPS) is 12.5. The average Bonchev–Trinajstić information content (AvgIpc) is 3.06. The van der Waals surface area contributed by atoms with Gasteiger partial charge >= 0.3 is 5.97 Å². The van der Waals surface area contributed by atoms with Gasteiger partial charge in [0.15, 0.2) is 0 Å². The molecule has 0 saturated carbocycles. The van der Waals surface area contributed by atoms with Crippen LogP contribution < -0.4 is 5.56 Å². The number of aryl methyl sites for hydroxylation is 1. The molecule has 3 rings (SSSR count). The number of esters is 1. The van der Waals surface area contributed by atoms with E-state index in [0.717, 1.165) is 17.5 Å². The molecule has 0 aliphatic carbocycles. The average molecular weight is 370 g/mol. The highest BCUT2D eigenvalue weighted by Gasteiger charge is 2.22. The first-order valence-corrected chi connectivity index (χ1v) is 9.58. The van der Waals surface area contributed by atoms with Gasteiger partial charge in [-0.3, -0.25) is 9.36 Å². The Morgan fingerprint density at radius 3 is 2.54 bits per heavy atom. The molecule has 0 aliphatic heterocycles. The molecule has 0 radical (unpaired) electrons. The maximum atomic E-state index is 13.1. The number of hydrogen-bond donors (Lipinski definition) is 0. The molecular weight excluding hydrogens is 348 g/mol. The molecule has 1 unspecified atom stereocenters. The van der Waals surface area contributed by atoms with Gasteiger partial charge in [0, 0.05) is 10.9 Å². The number of thiophene rings is 1. The van der Waals surface area contributed by atoms with E-state index >= 15 is 0 Å². The molecule has 0 N–H and O–H groups in total. The Balaban J connectivity index is 2.08. The van der Waals surface area contributed by atoms with Crippen LogP contribution in [0.15, 0.2) is 40.8 Å². The summed E-state index contributed by atoms with van der Waals surface area (Å²) in [6.07, 6.45) is 2.16. The second-order valence-electron chi connectivity index (χ2n) is 6.50. The van der Waals surface area contributed by atoms with Crippen LogP contribution in [0.2, 0.25) is 0 Å². The third kappa shape index (κ3) is 3.42. The molecule has 0 fully saturated rings. The van der Waals surface area contributed by atoms with Crippen molar-refractivity contribution in [3.05, 3.63) is 51.9 Å². The molecule has 136 valence electrons. The van der Waals surface area contributed by atoms with E-state index in [2.05, 4.69) is 24.0 Å². The lowest BCUT2D eigenvalue weighted by atomic mass is 10.0. The summed E-state index contributed by atoms with van der Waals surface area (Å²) in [5.74, 6) is -0.438. The molecule has 2 heterocycles. The van der Waals surface area contributed by atoms with Gasteiger partial charge in [0.25, 0.3) is 5.56 Å². The van der Waals surface area contributed by atoms with Gasteiger partial charge in [-0.05, 0) is 38.3 Å². The Bertz CT molecular complexity index is 986. The van der Waals surface area contributed by atoms with Gasteiger partial charge in [0.2, 0.25) is 0 Å². The molecule has 0 bridgehead atoms. The van der Waals surface area contributed by atoms with Gasteiger partial charge in [-0.2, -0.15) is 0 Å². The number of hydrogen-bond acceptors (Lipinski definition) is 5. The number of fused-ring (bicyclic) bond motifs is 1. The van der Waals surface area contributed by atoms with Gasteiger partial charge in [-0.15, -0.1) is 11.3 Å². The van der Waals surface area contributed by atoms with Crippen molar-refractivity contribution in [1.29, 1.82) is 0 Å². The molecule has 5 nitrogen and oxygen atoms in total. The van der Waals surface area contributed by atoms with Crippen molar-refractivity contribution in [1.82, 2.24) is 9.55 Å². The summed E-state index contributed by atoms with van der Waals surface area (Å²) in [6, 6.07) is 7.45. The van der Waals surface area contributed by atoms with Crippen molar-refractivity contribution in [2.75, 3.05) is 0 Å². The lowest BCUT2D eigenvalue weighted by Gasteiger charge is -2.16. The summed E-state index contributed by atoms with van der Waals surface area (Å²) in [5, 5.41) is 2.49. The summed E-state index contributed by atoms with van der Waals surface area (Å²) in [5.41, 5.74) is 2.85. The van der Waals surface area contributed by atoms with E-state index < -0.39 is 12.0 Å². The number of nitrogens with zero attached hydrogens (tertiary/aromatic N) is 2. The van der Waals surface area contributed by atoms with Crippen molar-refractivity contribution in [3.8, 4) is 11.1 Å². The van der Waals surface area contributed by atoms with E-state index in [0.29, 0.717) is 10.2 Å². The van der Waals surface area contributed by atoms with E-state index in [9.17, 15) is 9.59 Å². The fourth-order valence-electron chi connectivity index (χ4n) is 2.80. The first kappa shape index (κ1) is 18.3. The quantitative estimate of drug-likeness (QED) is 0.632. The van der Waals surface area contributed by atoms with E-state index in [1.165, 1.54) is 27.8 Å². The fraction of sp³-hybridized carbons (Fsp3) is 0.350. The second-order valence-corrected chi connectivity index (χ2v) is 7.36. The van der Waals surface area contributed by atoms with Gasteiger partial charge in [0.1, 0.15) is 10.9 Å². The Hall–Kier alpha value is -2.47. The molecule has 0 spiro atoms. The minimum Gasteiger partial charge on any atom is -0.461 e. The monoisotopic (exact) mass is 370 g/mol. The minimum absolute atomic E-state index is 0.223. The van der Waals surface area contributed by atoms with E-state index in [1.807, 2.05) is 17.5 Å². The molecule has 6 heteroatoms. The SMILES string of the molecule is CCc1ccc(-c2csc3ncn(C(C)C(=O)OC(C)C)c(=O)c23)cc1. The molecular formula is C20H22N2O3S. The van der Waals surface area contributed by atoms with E-state index in [1.54, 1.807) is 20.8 Å². The fourth-order valence-corrected chi connectivity index (χ4v) is 3.70. The topological polar surface area (TPSA) is 61.2 Å². The summed E-state index contributed by atoms with van der Waals surface area (Å²) in [7, 11) is 0. The van der Waals surface area contributed by atoms with Gasteiger partial charge in [-0.1, -0.05) is 31.2 Å². The zero-order valence-electron chi connectivity index (χ0n) is 15.4. The number of aromatic nitrogens is 2. The highest BCUT2D eigenvalue weighted by atomic mass is 32.1. The van der Waals surface area contributed by atoms with Crippen LogP contribution >= 0.6 is 11.3 Å². The summed E-state index contributed by atoms with van der Waals surface area (Å²) >= 11 is 1.43. The number of carbonyl (C=O) groups is 1. The zero-order valence-corrected chi connectivity index (χ0v) is 16.2. The van der Waals surface area contributed by atoms with Crippen LogP contribution in [0, 0.1) is 0 Å². The van der Waals surface area contributed by atoms with Crippen LogP contribution in [0.5, 0.6) is 0 Å². The van der Waals surface area contributed by atoms with Crippen molar-refractivity contribution >= 4 is 27.5 Å². The van der Waals surface area contributed by atoms with E-state index in [4.69, 9.17) is 4.74 Å². The van der Waals surface area contributed by atoms with Crippen molar-refractivity contribution in [2.24, 2.45) is 0 Å². The van der Waals surface area contributed by atoms with Crippen LogP contribution in [0.1, 0.15) is 39.3 Å². The largest absolute Gasteiger partial charge is 0.461 e. The predicted octanol–water partition coefficient (Wildman–Crippen LogP) is 4.20. The molecule has 0 aliphatic rings. The molecule has 1 atom stereocenters. The summed E-state index contributed by atoms with van der Waals surface area (Å²) < 4.78 is 6.58. The van der Waals surface area contributed by atoms with Gasteiger partial charge in [-0.25, -0.2) is 9.78 Å².